The molecular weight excluding hydrogens is 297 g/mol. The highest BCUT2D eigenvalue weighted by atomic mass is 31.2. The number of para-hydroxylation sites is 2. The minimum Gasteiger partial charge on any atom is -0.404 e. The first-order chi connectivity index (χ1) is 10.8. The fourth-order valence-corrected chi connectivity index (χ4v) is 4.30. The van der Waals surface area contributed by atoms with Gasteiger partial charge in [-0.15, -0.1) is 0 Å². The van der Waals surface area contributed by atoms with Gasteiger partial charge in [0.05, 0.1) is 0 Å². The van der Waals surface area contributed by atoms with Crippen LogP contribution in [-0.2, 0) is 4.57 Å². The first-order valence-electron chi connectivity index (χ1n) is 7.61. The van der Waals surface area contributed by atoms with Crippen molar-refractivity contribution in [3.05, 3.63) is 60.7 Å². The molecule has 1 aliphatic rings. The second-order valence-corrected chi connectivity index (χ2v) is 7.16. The van der Waals surface area contributed by atoms with Gasteiger partial charge in [0.15, 0.2) is 0 Å². The van der Waals surface area contributed by atoms with Crippen LogP contribution < -0.4 is 9.05 Å². The summed E-state index contributed by atoms with van der Waals surface area (Å²) in [5.74, 6) is 1.12. The molecule has 1 saturated heterocycles. The molecule has 1 fully saturated rings. The Labute approximate surface area is 131 Å². The summed E-state index contributed by atoms with van der Waals surface area (Å²) in [6, 6.07) is 18.4. The van der Waals surface area contributed by atoms with Crippen molar-refractivity contribution in [3.63, 3.8) is 0 Å². The smallest absolute Gasteiger partial charge is 0.404 e. The summed E-state index contributed by atoms with van der Waals surface area (Å²) in [4.78, 5) is 0. The fourth-order valence-electron chi connectivity index (χ4n) is 2.49. The first-order valence-corrected chi connectivity index (χ1v) is 9.11. The highest BCUT2D eigenvalue weighted by Gasteiger charge is 2.37. The van der Waals surface area contributed by atoms with E-state index in [4.69, 9.17) is 9.05 Å². The van der Waals surface area contributed by atoms with Gasteiger partial charge in [0, 0.05) is 13.1 Å². The highest BCUT2D eigenvalue weighted by Crippen LogP contribution is 2.52. The Bertz CT molecular complexity index is 581. The number of benzene rings is 2. The third-order valence-corrected chi connectivity index (χ3v) is 5.58. The van der Waals surface area contributed by atoms with Gasteiger partial charge in [0.1, 0.15) is 11.5 Å². The van der Waals surface area contributed by atoms with Crippen LogP contribution in [0.5, 0.6) is 11.5 Å². The van der Waals surface area contributed by atoms with E-state index >= 15 is 0 Å². The van der Waals surface area contributed by atoms with E-state index in [9.17, 15) is 4.57 Å². The lowest BCUT2D eigenvalue weighted by atomic mass is 10.2. The van der Waals surface area contributed by atoms with Gasteiger partial charge in [-0.3, -0.25) is 0 Å². The minimum absolute atomic E-state index is 0.562. The molecule has 3 rings (SSSR count). The quantitative estimate of drug-likeness (QED) is 0.747. The maximum atomic E-state index is 13.4. The van der Waals surface area contributed by atoms with Crippen molar-refractivity contribution < 1.29 is 13.6 Å². The zero-order chi connectivity index (χ0) is 15.3. The van der Waals surface area contributed by atoms with Gasteiger partial charge < -0.3 is 9.05 Å². The summed E-state index contributed by atoms with van der Waals surface area (Å²) in [6.07, 6.45) is 3.19. The van der Waals surface area contributed by atoms with Gasteiger partial charge in [0.2, 0.25) is 0 Å². The van der Waals surface area contributed by atoms with Crippen LogP contribution >= 0.6 is 7.75 Å². The number of nitrogens with zero attached hydrogens (tertiary/aromatic N) is 1. The molecule has 4 nitrogen and oxygen atoms in total. The zero-order valence-electron chi connectivity index (χ0n) is 12.4. The first kappa shape index (κ1) is 15.1. The van der Waals surface area contributed by atoms with E-state index in [2.05, 4.69) is 0 Å². The second kappa shape index (κ2) is 6.99. The molecule has 1 heterocycles. The predicted octanol–water partition coefficient (Wildman–Crippen LogP) is 4.74. The van der Waals surface area contributed by atoms with Gasteiger partial charge >= 0.3 is 7.75 Å². The standard InChI is InChI=1S/C17H20NO3P/c19-22(18-14-8-3-9-15-18,20-16-10-4-1-5-11-16)21-17-12-6-2-7-13-17/h1-2,4-7,10-13H,3,8-9,14-15H2. The zero-order valence-corrected chi connectivity index (χ0v) is 13.3. The lowest BCUT2D eigenvalue weighted by Crippen LogP contribution is -2.31. The largest absolute Gasteiger partial charge is 0.515 e. The molecule has 0 saturated carbocycles. The van der Waals surface area contributed by atoms with Crippen LogP contribution in [0.15, 0.2) is 60.7 Å². The van der Waals surface area contributed by atoms with E-state index in [1.165, 1.54) is 0 Å². The molecule has 0 atom stereocenters. The van der Waals surface area contributed by atoms with Crippen LogP contribution in [0, 0.1) is 0 Å². The second-order valence-electron chi connectivity index (χ2n) is 5.29. The third-order valence-electron chi connectivity index (χ3n) is 3.61. The van der Waals surface area contributed by atoms with Gasteiger partial charge in [-0.1, -0.05) is 42.8 Å². The Balaban J connectivity index is 1.85. The molecule has 5 heteroatoms. The maximum absolute atomic E-state index is 13.4. The van der Waals surface area contributed by atoms with E-state index in [-0.39, 0.29) is 0 Å². The molecule has 0 spiro atoms. The van der Waals surface area contributed by atoms with Crippen LogP contribution in [0.25, 0.3) is 0 Å². The molecule has 22 heavy (non-hydrogen) atoms. The lowest BCUT2D eigenvalue weighted by molar-refractivity contribution is 0.256. The Morgan fingerprint density at radius 2 is 1.18 bits per heavy atom. The molecule has 0 unspecified atom stereocenters. The molecule has 2 aromatic carbocycles. The van der Waals surface area contributed by atoms with E-state index in [0.29, 0.717) is 11.5 Å². The molecule has 0 bridgehead atoms. The van der Waals surface area contributed by atoms with Crippen LogP contribution in [0.1, 0.15) is 19.3 Å². The molecule has 2 aromatic rings. The summed E-state index contributed by atoms with van der Waals surface area (Å²) >= 11 is 0. The van der Waals surface area contributed by atoms with Crippen molar-refractivity contribution in [2.24, 2.45) is 0 Å². The van der Waals surface area contributed by atoms with Gasteiger partial charge in [0.25, 0.3) is 0 Å². The summed E-state index contributed by atoms with van der Waals surface area (Å²) in [6.45, 7) is 1.47. The molecule has 116 valence electrons. The van der Waals surface area contributed by atoms with Crippen LogP contribution in [0.3, 0.4) is 0 Å². The molecular formula is C17H20NO3P. The number of hydrogen-bond acceptors (Lipinski definition) is 3. The van der Waals surface area contributed by atoms with Gasteiger partial charge in [-0.2, -0.15) is 4.67 Å². The Morgan fingerprint density at radius 3 is 1.64 bits per heavy atom. The van der Waals surface area contributed by atoms with E-state index in [1.54, 1.807) is 24.3 Å². The molecule has 0 aromatic heterocycles. The normalized spacial score (nSPS) is 16.2. The molecule has 0 radical (unpaired) electrons. The van der Waals surface area contributed by atoms with Crippen LogP contribution in [-0.4, -0.2) is 17.8 Å². The summed E-state index contributed by atoms with van der Waals surface area (Å²) < 4.78 is 26.8. The minimum atomic E-state index is -3.41. The molecule has 1 aliphatic heterocycles. The molecule has 0 aliphatic carbocycles. The van der Waals surface area contributed by atoms with E-state index in [0.717, 1.165) is 32.4 Å². The van der Waals surface area contributed by atoms with Crippen LogP contribution in [0.4, 0.5) is 0 Å². The van der Waals surface area contributed by atoms with Gasteiger partial charge in [-0.25, -0.2) is 4.57 Å². The maximum Gasteiger partial charge on any atom is 0.515 e. The van der Waals surface area contributed by atoms with Crippen molar-refractivity contribution in [1.29, 1.82) is 0 Å². The average Bonchev–Trinajstić information content (AvgIpc) is 2.57. The number of piperidine rings is 1. The van der Waals surface area contributed by atoms with Gasteiger partial charge in [-0.05, 0) is 37.1 Å². The van der Waals surface area contributed by atoms with Crippen molar-refractivity contribution in [3.8, 4) is 11.5 Å². The Hall–Kier alpha value is -1.77. The monoisotopic (exact) mass is 317 g/mol. The van der Waals surface area contributed by atoms with E-state index in [1.807, 2.05) is 41.1 Å². The van der Waals surface area contributed by atoms with Crippen LogP contribution in [0.2, 0.25) is 0 Å². The van der Waals surface area contributed by atoms with Crippen molar-refractivity contribution >= 4 is 7.75 Å². The van der Waals surface area contributed by atoms with Crippen molar-refractivity contribution in [1.82, 2.24) is 4.67 Å². The van der Waals surface area contributed by atoms with Crippen molar-refractivity contribution in [2.75, 3.05) is 13.1 Å². The highest BCUT2D eigenvalue weighted by molar-refractivity contribution is 7.52. The van der Waals surface area contributed by atoms with Crippen molar-refractivity contribution in [2.45, 2.75) is 19.3 Å². The molecule has 0 amide bonds. The summed E-state index contributed by atoms with van der Waals surface area (Å²) in [7, 11) is -3.41. The Morgan fingerprint density at radius 1 is 0.727 bits per heavy atom. The SMILES string of the molecule is O=P(Oc1ccccc1)(Oc1ccccc1)N1CCCCC1. The Kier molecular flexibility index (Phi) is 4.81. The predicted molar refractivity (Wildman–Crippen MR) is 87.2 cm³/mol. The fraction of sp³-hybridized carbons (Fsp3) is 0.294. The summed E-state index contributed by atoms with van der Waals surface area (Å²) in [5.41, 5.74) is 0. The lowest BCUT2D eigenvalue weighted by Gasteiger charge is -2.32. The molecule has 0 N–H and O–H groups in total. The third kappa shape index (κ3) is 3.70. The average molecular weight is 317 g/mol. The number of rotatable bonds is 5. The topological polar surface area (TPSA) is 38.8 Å². The number of hydrogen-bond donors (Lipinski definition) is 0. The summed E-state index contributed by atoms with van der Waals surface area (Å²) in [5, 5.41) is 0. The van der Waals surface area contributed by atoms with E-state index < -0.39 is 7.75 Å².